The third-order valence-electron chi connectivity index (χ3n) is 3.30. The van der Waals surface area contributed by atoms with Gasteiger partial charge < -0.3 is 29.8 Å². The van der Waals surface area contributed by atoms with Crippen LogP contribution in [0.15, 0.2) is 40.0 Å². The van der Waals surface area contributed by atoms with Crippen molar-refractivity contribution in [3.8, 4) is 11.6 Å². The summed E-state index contributed by atoms with van der Waals surface area (Å²) in [6.07, 6.45) is 3.70. The molecule has 0 aliphatic rings. The van der Waals surface area contributed by atoms with Crippen LogP contribution in [0, 0.1) is 5.92 Å². The van der Waals surface area contributed by atoms with E-state index in [0.717, 1.165) is 6.26 Å². The summed E-state index contributed by atoms with van der Waals surface area (Å²) >= 11 is 0. The zero-order chi connectivity index (χ0) is 18.6. The molecule has 0 aliphatic carbocycles. The van der Waals surface area contributed by atoms with Gasteiger partial charge in [0.15, 0.2) is 11.4 Å². The molecule has 134 valence electrons. The van der Waals surface area contributed by atoms with Gasteiger partial charge in [0.1, 0.15) is 30.2 Å². The highest BCUT2D eigenvalue weighted by atomic mass is 16.5. The number of rotatable bonds is 7. The van der Waals surface area contributed by atoms with Crippen molar-refractivity contribution in [2.45, 2.75) is 19.9 Å². The van der Waals surface area contributed by atoms with Crippen molar-refractivity contribution in [1.29, 1.82) is 0 Å². The van der Waals surface area contributed by atoms with Gasteiger partial charge in [-0.1, -0.05) is 20.4 Å². The Kier molecular flexibility index (Phi) is 5.60. The molecule has 0 saturated heterocycles. The van der Waals surface area contributed by atoms with E-state index in [4.69, 9.17) is 25.0 Å². The average molecular weight is 348 g/mol. The van der Waals surface area contributed by atoms with E-state index in [-0.39, 0.29) is 40.8 Å². The second kappa shape index (κ2) is 7.67. The Balaban J connectivity index is 2.10. The summed E-state index contributed by atoms with van der Waals surface area (Å²) in [6.45, 7) is 7.65. The lowest BCUT2D eigenvalue weighted by atomic mass is 10.0. The Morgan fingerprint density at radius 2 is 2.04 bits per heavy atom. The molecule has 0 spiro atoms. The molecule has 2 rings (SSSR count). The second-order valence-electron chi connectivity index (χ2n) is 5.49. The summed E-state index contributed by atoms with van der Waals surface area (Å²) in [5.74, 6) is 0.116. The van der Waals surface area contributed by atoms with Crippen LogP contribution in [0.3, 0.4) is 0 Å². The van der Waals surface area contributed by atoms with Crippen molar-refractivity contribution in [3.05, 3.63) is 42.7 Å². The van der Waals surface area contributed by atoms with Gasteiger partial charge in [-0.15, -0.1) is 0 Å². The highest BCUT2D eigenvalue weighted by Crippen LogP contribution is 2.21. The van der Waals surface area contributed by atoms with Gasteiger partial charge in [-0.2, -0.15) is 0 Å². The van der Waals surface area contributed by atoms with Crippen molar-refractivity contribution >= 4 is 11.7 Å². The number of carbonyl (C=O) groups excluding carboxylic acids is 1. The number of nitrogens with two attached hydrogens (primary N) is 2. The molecule has 0 amide bonds. The molecule has 4 N–H and O–H groups in total. The number of esters is 1. The van der Waals surface area contributed by atoms with Gasteiger partial charge in [0, 0.05) is 0 Å². The first-order valence-electron chi connectivity index (χ1n) is 7.40. The quantitative estimate of drug-likeness (QED) is 0.567. The smallest absolute Gasteiger partial charge is 0.360 e. The van der Waals surface area contributed by atoms with Crippen LogP contribution in [0.4, 0.5) is 0 Å². The number of aromatic nitrogens is 2. The number of ether oxygens (including phenoxy) is 2. The van der Waals surface area contributed by atoms with Gasteiger partial charge in [-0.3, -0.25) is 0 Å². The summed E-state index contributed by atoms with van der Waals surface area (Å²) in [7, 11) is 1.25. The fraction of sp³-hybridized carbons (Fsp3) is 0.312. The molecule has 2 aromatic rings. The van der Waals surface area contributed by atoms with E-state index in [2.05, 4.69) is 21.3 Å². The normalized spacial score (nSPS) is 12.9. The van der Waals surface area contributed by atoms with Crippen LogP contribution < -0.4 is 11.5 Å². The molecule has 2 aromatic heterocycles. The van der Waals surface area contributed by atoms with Crippen LogP contribution in [-0.4, -0.2) is 29.1 Å². The van der Waals surface area contributed by atoms with Crippen molar-refractivity contribution < 1.29 is 23.1 Å². The molecular weight excluding hydrogens is 328 g/mol. The van der Waals surface area contributed by atoms with E-state index in [9.17, 15) is 4.79 Å². The fourth-order valence-corrected chi connectivity index (χ4v) is 1.73. The predicted molar refractivity (Wildman–Crippen MR) is 88.5 cm³/mol. The van der Waals surface area contributed by atoms with Crippen molar-refractivity contribution in [2.75, 3.05) is 7.11 Å². The largest absolute Gasteiger partial charge is 0.466 e. The molecule has 0 bridgehead atoms. The van der Waals surface area contributed by atoms with Gasteiger partial charge in [0.05, 0.1) is 13.2 Å². The molecule has 2 heterocycles. The number of nitrogens with zero attached hydrogens (tertiary/aromatic N) is 2. The topological polar surface area (TPSA) is 140 Å². The third kappa shape index (κ3) is 4.27. The molecule has 25 heavy (non-hydrogen) atoms. The number of hydrogen-bond donors (Lipinski definition) is 2. The molecule has 1 unspecified atom stereocenters. The maximum Gasteiger partial charge on any atom is 0.360 e. The zero-order valence-corrected chi connectivity index (χ0v) is 14.2. The minimum Gasteiger partial charge on any atom is -0.466 e. The average Bonchev–Trinajstić information content (AvgIpc) is 3.26. The first-order valence-corrected chi connectivity index (χ1v) is 7.40. The SMILES string of the molecule is C=C(O/C=C(\N)c1nc(-c2nc(C(=O)OC)co2)co1)C(N)C(C)C. The number of oxazole rings is 2. The number of methoxy groups -OCH3 is 1. The molecule has 0 saturated carbocycles. The predicted octanol–water partition coefficient (Wildman–Crippen LogP) is 1.89. The second-order valence-corrected chi connectivity index (χ2v) is 5.49. The van der Waals surface area contributed by atoms with E-state index >= 15 is 0 Å². The molecule has 0 aliphatic heterocycles. The zero-order valence-electron chi connectivity index (χ0n) is 14.2. The van der Waals surface area contributed by atoms with Crippen LogP contribution in [-0.2, 0) is 9.47 Å². The Bertz CT molecular complexity index is 790. The van der Waals surface area contributed by atoms with E-state index in [0.29, 0.717) is 5.76 Å². The lowest BCUT2D eigenvalue weighted by Crippen LogP contribution is -2.28. The molecule has 9 heteroatoms. The van der Waals surface area contributed by atoms with E-state index in [1.807, 2.05) is 13.8 Å². The number of hydrogen-bond acceptors (Lipinski definition) is 9. The fourth-order valence-electron chi connectivity index (χ4n) is 1.73. The van der Waals surface area contributed by atoms with E-state index in [1.54, 1.807) is 0 Å². The molecule has 0 fully saturated rings. The van der Waals surface area contributed by atoms with Crippen molar-refractivity contribution in [1.82, 2.24) is 9.97 Å². The molecule has 9 nitrogen and oxygen atoms in total. The van der Waals surface area contributed by atoms with E-state index in [1.165, 1.54) is 19.6 Å². The van der Waals surface area contributed by atoms with Gasteiger partial charge >= 0.3 is 5.97 Å². The van der Waals surface area contributed by atoms with Crippen molar-refractivity contribution in [3.63, 3.8) is 0 Å². The van der Waals surface area contributed by atoms with Crippen LogP contribution in [0.5, 0.6) is 0 Å². The molecule has 0 aromatic carbocycles. The standard InChI is InChI=1S/C16H20N4O5/c1-8(2)13(18)9(3)23-5-10(17)14-19-11(6-24-14)15-20-12(7-25-15)16(21)22-4/h5-8,13H,3,17-18H2,1-2,4H3/b10-5-. The Morgan fingerprint density at radius 3 is 2.68 bits per heavy atom. The molecule has 0 radical (unpaired) electrons. The van der Waals surface area contributed by atoms with Crippen LogP contribution in [0.1, 0.15) is 30.2 Å². The summed E-state index contributed by atoms with van der Waals surface area (Å²) in [5.41, 5.74) is 12.2. The first kappa shape index (κ1) is 18.3. The highest BCUT2D eigenvalue weighted by Gasteiger charge is 2.18. The third-order valence-corrected chi connectivity index (χ3v) is 3.30. The lowest BCUT2D eigenvalue weighted by Gasteiger charge is -2.17. The highest BCUT2D eigenvalue weighted by molar-refractivity contribution is 5.87. The minimum absolute atomic E-state index is 0.0212. The van der Waals surface area contributed by atoms with E-state index < -0.39 is 5.97 Å². The van der Waals surface area contributed by atoms with Crippen LogP contribution >= 0.6 is 0 Å². The molecule has 1 atom stereocenters. The van der Waals surface area contributed by atoms with Gasteiger partial charge in [0.2, 0.25) is 11.8 Å². The molecular formula is C16H20N4O5. The lowest BCUT2D eigenvalue weighted by molar-refractivity contribution is 0.0594. The van der Waals surface area contributed by atoms with Crippen molar-refractivity contribution in [2.24, 2.45) is 17.4 Å². The summed E-state index contributed by atoms with van der Waals surface area (Å²) in [4.78, 5) is 19.5. The van der Waals surface area contributed by atoms with Crippen LogP contribution in [0.2, 0.25) is 0 Å². The summed E-state index contributed by atoms with van der Waals surface area (Å²) in [5, 5.41) is 0. The minimum atomic E-state index is -0.619. The van der Waals surface area contributed by atoms with Gasteiger partial charge in [-0.25, -0.2) is 14.8 Å². The summed E-state index contributed by atoms with van der Waals surface area (Å²) in [6, 6.07) is -0.326. The van der Waals surface area contributed by atoms with Crippen LogP contribution in [0.25, 0.3) is 17.3 Å². The first-order chi connectivity index (χ1) is 11.8. The van der Waals surface area contributed by atoms with Gasteiger partial charge in [-0.05, 0) is 5.92 Å². The summed E-state index contributed by atoms with van der Waals surface area (Å²) < 4.78 is 20.3. The maximum atomic E-state index is 11.4. The maximum absolute atomic E-state index is 11.4. The number of carbonyl (C=O) groups is 1. The Morgan fingerprint density at radius 1 is 1.32 bits per heavy atom. The Hall–Kier alpha value is -3.07. The Labute approximate surface area is 144 Å². The van der Waals surface area contributed by atoms with Gasteiger partial charge in [0.25, 0.3) is 0 Å². The monoisotopic (exact) mass is 348 g/mol.